The van der Waals surface area contributed by atoms with E-state index >= 15 is 0 Å². The number of fused-ring (bicyclic) bond motifs is 5. The molecular weight excluding hydrogens is 410 g/mol. The fourth-order valence-electron chi connectivity index (χ4n) is 4.04. The van der Waals surface area contributed by atoms with Gasteiger partial charge in [0.2, 0.25) is 0 Å². The Kier molecular flexibility index (Phi) is 9.35. The first-order valence-corrected chi connectivity index (χ1v) is 7.92. The molecule has 2 bridgehead atoms. The SMILES string of the molecule is Br.CN1[C@@H]2CC(OC(=O)C(CO)c3ccccc3)C[C@H]1[C@@H]1O[C@@H]12.O.O.O. The molecule has 0 aromatic heterocycles. The van der Waals surface area contributed by atoms with Crippen LogP contribution in [0.15, 0.2) is 30.3 Å². The lowest BCUT2D eigenvalue weighted by atomic mass is 9.97. The van der Waals surface area contributed by atoms with Crippen molar-refractivity contribution in [3.05, 3.63) is 35.9 Å². The molecule has 0 amide bonds. The van der Waals surface area contributed by atoms with E-state index in [1.54, 1.807) is 0 Å². The van der Waals surface area contributed by atoms with E-state index < -0.39 is 5.92 Å². The van der Waals surface area contributed by atoms with Gasteiger partial charge in [0.05, 0.1) is 6.61 Å². The van der Waals surface area contributed by atoms with Crippen molar-refractivity contribution in [1.29, 1.82) is 0 Å². The van der Waals surface area contributed by atoms with Crippen molar-refractivity contribution in [2.24, 2.45) is 0 Å². The quantitative estimate of drug-likeness (QED) is 0.472. The Morgan fingerprint density at radius 1 is 1.19 bits per heavy atom. The molecule has 0 saturated carbocycles. The van der Waals surface area contributed by atoms with Crippen LogP contribution in [0, 0.1) is 0 Å². The molecule has 1 aromatic rings. The number of benzene rings is 1. The Labute approximate surface area is 162 Å². The van der Waals surface area contributed by atoms with Gasteiger partial charge in [-0.2, -0.15) is 0 Å². The first-order chi connectivity index (χ1) is 10.7. The van der Waals surface area contributed by atoms with Crippen LogP contribution in [0.2, 0.25) is 0 Å². The number of ether oxygens (including phenoxy) is 2. The van der Waals surface area contributed by atoms with Crippen LogP contribution in [0.25, 0.3) is 0 Å². The third-order valence-corrected chi connectivity index (χ3v) is 5.33. The van der Waals surface area contributed by atoms with Gasteiger partial charge in [-0.15, -0.1) is 17.0 Å². The summed E-state index contributed by atoms with van der Waals surface area (Å²) in [6.07, 6.45) is 2.26. The highest BCUT2D eigenvalue weighted by Gasteiger charge is 2.62. The van der Waals surface area contributed by atoms with E-state index in [0.29, 0.717) is 24.3 Å². The van der Waals surface area contributed by atoms with Gasteiger partial charge in [0.1, 0.15) is 24.2 Å². The summed E-state index contributed by atoms with van der Waals surface area (Å²) in [7, 11) is 2.13. The number of likely N-dealkylation sites (N-methyl/N-ethyl adjacent to an activating group) is 1. The second-order valence-corrected chi connectivity index (χ2v) is 6.54. The first-order valence-electron chi connectivity index (χ1n) is 7.92. The number of aliphatic hydroxyl groups excluding tert-OH is 1. The number of hydrogen-bond acceptors (Lipinski definition) is 5. The van der Waals surface area contributed by atoms with Gasteiger partial charge in [0.15, 0.2) is 0 Å². The molecule has 3 heterocycles. The van der Waals surface area contributed by atoms with E-state index in [1.807, 2.05) is 30.3 Å². The molecule has 3 saturated heterocycles. The highest BCUT2D eigenvalue weighted by atomic mass is 79.9. The Morgan fingerprint density at radius 3 is 2.23 bits per heavy atom. The zero-order chi connectivity index (χ0) is 15.3. The van der Waals surface area contributed by atoms with Crippen LogP contribution >= 0.6 is 17.0 Å². The van der Waals surface area contributed by atoms with Gasteiger partial charge in [0, 0.05) is 24.9 Å². The van der Waals surface area contributed by atoms with Crippen LogP contribution in [-0.2, 0) is 14.3 Å². The maximum atomic E-state index is 12.4. The van der Waals surface area contributed by atoms with E-state index in [-0.39, 0.29) is 52.1 Å². The molecule has 9 heteroatoms. The summed E-state index contributed by atoms with van der Waals surface area (Å²) in [5.74, 6) is -0.915. The van der Waals surface area contributed by atoms with E-state index in [1.165, 1.54) is 0 Å². The number of nitrogens with zero attached hydrogens (tertiary/aromatic N) is 1. The van der Waals surface area contributed by atoms with Gasteiger partial charge in [0.25, 0.3) is 0 Å². The summed E-state index contributed by atoms with van der Waals surface area (Å²) < 4.78 is 11.4. The average Bonchev–Trinajstić information content (AvgIpc) is 3.27. The van der Waals surface area contributed by atoms with Crippen molar-refractivity contribution >= 4 is 23.0 Å². The van der Waals surface area contributed by atoms with Crippen molar-refractivity contribution in [2.75, 3.05) is 13.7 Å². The number of carbonyl (C=O) groups excluding carboxylic acids is 1. The fraction of sp³-hybridized carbons (Fsp3) is 0.588. The lowest BCUT2D eigenvalue weighted by Gasteiger charge is -2.38. The lowest BCUT2D eigenvalue weighted by Crippen LogP contribution is -2.48. The standard InChI is InChI=1S/C17H21NO4.BrH.3H2O/c1-18-13-7-11(8-14(18)16-15(13)22-16)21-17(20)12(9-19)10-5-3-2-4-6-10;;;;/h2-6,11-16,19H,7-9H2,1H3;1H;3*1H2/t11?,12?,13-,14+,15-,16+;;;;. The van der Waals surface area contributed by atoms with Gasteiger partial charge < -0.3 is 31.0 Å². The number of hydrogen-bond donors (Lipinski definition) is 1. The van der Waals surface area contributed by atoms with Gasteiger partial charge in [-0.3, -0.25) is 9.69 Å². The molecule has 4 rings (SSSR count). The molecule has 0 spiro atoms. The Bertz CT molecular complexity index is 557. The van der Waals surface area contributed by atoms with E-state index in [0.717, 1.165) is 18.4 Å². The predicted octanol–water partition coefficient (Wildman–Crippen LogP) is -0.978. The summed E-state index contributed by atoms with van der Waals surface area (Å²) in [5.41, 5.74) is 0.803. The second-order valence-electron chi connectivity index (χ2n) is 6.54. The highest BCUT2D eigenvalue weighted by molar-refractivity contribution is 8.93. The zero-order valence-electron chi connectivity index (χ0n) is 14.5. The predicted molar refractivity (Wildman–Crippen MR) is 101 cm³/mol. The molecule has 3 aliphatic rings. The van der Waals surface area contributed by atoms with Gasteiger partial charge in [-0.1, -0.05) is 30.3 Å². The monoisotopic (exact) mass is 437 g/mol. The molecule has 150 valence electrons. The molecular formula is C17H28BrNO7. The number of epoxide rings is 1. The molecule has 0 radical (unpaired) electrons. The van der Waals surface area contributed by atoms with Gasteiger partial charge in [-0.05, 0) is 12.6 Å². The third kappa shape index (κ3) is 4.25. The maximum absolute atomic E-state index is 12.4. The molecule has 3 aliphatic heterocycles. The highest BCUT2D eigenvalue weighted by Crippen LogP contribution is 2.48. The van der Waals surface area contributed by atoms with Crippen molar-refractivity contribution in [1.82, 2.24) is 4.90 Å². The minimum atomic E-state index is -0.593. The van der Waals surface area contributed by atoms with E-state index in [9.17, 15) is 9.90 Å². The number of morpholine rings is 1. The molecule has 1 aromatic carbocycles. The molecule has 2 unspecified atom stereocenters. The van der Waals surface area contributed by atoms with Crippen LogP contribution in [0.4, 0.5) is 0 Å². The summed E-state index contributed by atoms with van der Waals surface area (Å²) in [6, 6.07) is 10.1. The number of piperidine rings is 1. The van der Waals surface area contributed by atoms with Crippen LogP contribution < -0.4 is 0 Å². The van der Waals surface area contributed by atoms with Crippen molar-refractivity contribution in [2.45, 2.75) is 49.2 Å². The van der Waals surface area contributed by atoms with E-state index in [4.69, 9.17) is 9.47 Å². The van der Waals surface area contributed by atoms with Crippen molar-refractivity contribution < 1.29 is 35.8 Å². The number of halogens is 1. The molecule has 26 heavy (non-hydrogen) atoms. The van der Waals surface area contributed by atoms with Crippen LogP contribution in [0.5, 0.6) is 0 Å². The number of carbonyl (C=O) groups is 1. The van der Waals surface area contributed by atoms with Crippen LogP contribution in [0.3, 0.4) is 0 Å². The Hall–Kier alpha value is -1.07. The first kappa shape index (κ1) is 24.9. The minimum absolute atomic E-state index is 0. The zero-order valence-corrected chi connectivity index (χ0v) is 16.2. The third-order valence-electron chi connectivity index (χ3n) is 5.33. The average molecular weight is 438 g/mol. The molecule has 6 atom stereocenters. The molecule has 3 fully saturated rings. The van der Waals surface area contributed by atoms with E-state index in [2.05, 4.69) is 11.9 Å². The summed E-state index contributed by atoms with van der Waals surface area (Å²) in [4.78, 5) is 14.8. The molecule has 7 N–H and O–H groups in total. The van der Waals surface area contributed by atoms with Crippen molar-refractivity contribution in [3.8, 4) is 0 Å². The number of esters is 1. The van der Waals surface area contributed by atoms with Gasteiger partial charge in [-0.25, -0.2) is 0 Å². The number of aliphatic hydroxyl groups is 1. The summed E-state index contributed by atoms with van der Waals surface area (Å²) in [6.45, 7) is -0.226. The Balaban J connectivity index is 0.00000156. The van der Waals surface area contributed by atoms with Crippen LogP contribution in [-0.4, -0.2) is 76.5 Å². The maximum Gasteiger partial charge on any atom is 0.316 e. The van der Waals surface area contributed by atoms with Crippen LogP contribution in [0.1, 0.15) is 24.3 Å². The topological polar surface area (TPSA) is 157 Å². The summed E-state index contributed by atoms with van der Waals surface area (Å²) >= 11 is 0. The number of rotatable bonds is 4. The van der Waals surface area contributed by atoms with Gasteiger partial charge >= 0.3 is 5.97 Å². The minimum Gasteiger partial charge on any atom is -0.462 e. The second kappa shape index (κ2) is 9.75. The normalized spacial score (nSPS) is 31.7. The largest absolute Gasteiger partial charge is 0.462 e. The Morgan fingerprint density at radius 2 is 1.73 bits per heavy atom. The fourth-order valence-corrected chi connectivity index (χ4v) is 4.04. The lowest BCUT2D eigenvalue weighted by molar-refractivity contribution is -0.156. The van der Waals surface area contributed by atoms with Crippen molar-refractivity contribution in [3.63, 3.8) is 0 Å². The summed E-state index contributed by atoms with van der Waals surface area (Å²) in [5, 5.41) is 9.56. The molecule has 0 aliphatic carbocycles. The smallest absolute Gasteiger partial charge is 0.316 e. The molecule has 8 nitrogen and oxygen atoms in total.